The zero-order valence-electron chi connectivity index (χ0n) is 17.0. The molecule has 12 nitrogen and oxygen atoms in total. The van der Waals surface area contributed by atoms with Gasteiger partial charge >= 0.3 is 5.69 Å². The van der Waals surface area contributed by atoms with Gasteiger partial charge in [0.25, 0.3) is 15.8 Å². The Balaban J connectivity index is 1.78. The Kier molecular flexibility index (Phi) is 5.11. The fraction of sp³-hybridized carbons (Fsp3) is 0.263. The second-order valence-corrected chi connectivity index (χ2v) is 8.87. The van der Waals surface area contributed by atoms with Crippen LogP contribution in [0.2, 0.25) is 0 Å². The SMILES string of the molecule is Cc1ccc(S(=O)(=O)OCC2(CO)Oc3ccc([N+](=O)[O-])cc3-n3c2nn(C)c3=O)cc1. The summed E-state index contributed by atoms with van der Waals surface area (Å²) in [5, 5.41) is 25.4. The third kappa shape index (κ3) is 3.45. The summed E-state index contributed by atoms with van der Waals surface area (Å²) in [6.07, 6.45) is 0. The molecule has 0 fully saturated rings. The van der Waals surface area contributed by atoms with Crippen LogP contribution in [0.25, 0.3) is 5.69 Å². The molecule has 0 saturated heterocycles. The summed E-state index contributed by atoms with van der Waals surface area (Å²) < 4.78 is 38.3. The van der Waals surface area contributed by atoms with Crippen molar-refractivity contribution in [3.63, 3.8) is 0 Å². The van der Waals surface area contributed by atoms with E-state index in [1.807, 2.05) is 0 Å². The molecule has 32 heavy (non-hydrogen) atoms. The lowest BCUT2D eigenvalue weighted by Gasteiger charge is -2.35. The fourth-order valence-electron chi connectivity index (χ4n) is 3.30. The Labute approximate surface area is 181 Å². The van der Waals surface area contributed by atoms with Crippen LogP contribution in [0.15, 0.2) is 52.2 Å². The quantitative estimate of drug-likeness (QED) is 0.317. The van der Waals surface area contributed by atoms with Crippen LogP contribution in [-0.4, -0.2) is 46.0 Å². The number of hydrogen-bond acceptors (Lipinski definition) is 9. The molecule has 0 spiro atoms. The number of fused-ring (bicyclic) bond motifs is 3. The lowest BCUT2D eigenvalue weighted by Crippen LogP contribution is -2.48. The molecule has 1 unspecified atom stereocenters. The molecule has 0 saturated carbocycles. The molecular weight excluding hydrogens is 444 g/mol. The van der Waals surface area contributed by atoms with E-state index in [4.69, 9.17) is 8.92 Å². The number of aliphatic hydroxyl groups is 1. The van der Waals surface area contributed by atoms with Crippen LogP contribution < -0.4 is 10.4 Å². The predicted molar refractivity (Wildman–Crippen MR) is 109 cm³/mol. The molecule has 1 N–H and O–H groups in total. The molecule has 1 aromatic heterocycles. The number of aromatic nitrogens is 3. The molecule has 0 radical (unpaired) electrons. The van der Waals surface area contributed by atoms with E-state index in [2.05, 4.69) is 5.10 Å². The molecule has 4 rings (SSSR count). The topological polar surface area (TPSA) is 156 Å². The molecule has 2 aromatic carbocycles. The van der Waals surface area contributed by atoms with Crippen molar-refractivity contribution < 1.29 is 27.4 Å². The molecule has 0 amide bonds. The predicted octanol–water partition coefficient (Wildman–Crippen LogP) is 0.773. The molecule has 168 valence electrons. The van der Waals surface area contributed by atoms with E-state index in [9.17, 15) is 28.4 Å². The van der Waals surface area contributed by atoms with E-state index < -0.39 is 39.5 Å². The van der Waals surface area contributed by atoms with Gasteiger partial charge in [0.05, 0.1) is 16.4 Å². The third-order valence-electron chi connectivity index (χ3n) is 5.04. The Morgan fingerprint density at radius 2 is 1.94 bits per heavy atom. The molecule has 1 aliphatic heterocycles. The van der Waals surface area contributed by atoms with Gasteiger partial charge in [0.1, 0.15) is 18.0 Å². The number of aryl methyl sites for hydroxylation is 2. The minimum atomic E-state index is -4.23. The average Bonchev–Trinajstić information content (AvgIpc) is 3.07. The first-order valence-electron chi connectivity index (χ1n) is 9.29. The highest BCUT2D eigenvalue weighted by Gasteiger charge is 2.47. The maximum absolute atomic E-state index is 12.7. The van der Waals surface area contributed by atoms with Gasteiger partial charge in [-0.25, -0.2) is 14.0 Å². The minimum Gasteiger partial charge on any atom is -0.472 e. The summed E-state index contributed by atoms with van der Waals surface area (Å²) in [5.74, 6) is -0.136. The summed E-state index contributed by atoms with van der Waals surface area (Å²) in [6.45, 7) is 0.311. The second kappa shape index (κ2) is 7.55. The lowest BCUT2D eigenvalue weighted by molar-refractivity contribution is -0.384. The third-order valence-corrected chi connectivity index (χ3v) is 6.32. The van der Waals surface area contributed by atoms with Gasteiger partial charge in [-0.2, -0.15) is 13.5 Å². The Morgan fingerprint density at radius 1 is 1.25 bits per heavy atom. The molecule has 0 aliphatic carbocycles. The maximum atomic E-state index is 12.7. The highest BCUT2D eigenvalue weighted by molar-refractivity contribution is 7.86. The van der Waals surface area contributed by atoms with Crippen molar-refractivity contribution >= 4 is 15.8 Å². The van der Waals surface area contributed by atoms with Crippen LogP contribution >= 0.6 is 0 Å². The van der Waals surface area contributed by atoms with Gasteiger partial charge in [0.2, 0.25) is 5.60 Å². The summed E-state index contributed by atoms with van der Waals surface area (Å²) >= 11 is 0. The van der Waals surface area contributed by atoms with Crippen molar-refractivity contribution in [2.45, 2.75) is 17.4 Å². The monoisotopic (exact) mass is 462 g/mol. The molecular formula is C19H18N4O8S. The Morgan fingerprint density at radius 3 is 2.56 bits per heavy atom. The van der Waals surface area contributed by atoms with Crippen LogP contribution in [0.5, 0.6) is 5.75 Å². The summed E-state index contributed by atoms with van der Waals surface area (Å²) in [5.41, 5.74) is -1.92. The van der Waals surface area contributed by atoms with Gasteiger partial charge in [-0.3, -0.25) is 14.3 Å². The molecule has 0 bridgehead atoms. The van der Waals surface area contributed by atoms with E-state index in [1.165, 1.54) is 25.2 Å². The number of nitro groups is 1. The van der Waals surface area contributed by atoms with Gasteiger partial charge < -0.3 is 9.84 Å². The van der Waals surface area contributed by atoms with Crippen LogP contribution in [-0.2, 0) is 26.9 Å². The Bertz CT molecular complexity index is 1380. The van der Waals surface area contributed by atoms with Gasteiger partial charge in [0.15, 0.2) is 5.82 Å². The fourth-order valence-corrected chi connectivity index (χ4v) is 4.25. The number of hydrogen-bond donors (Lipinski definition) is 1. The van der Waals surface area contributed by atoms with Crippen LogP contribution in [0, 0.1) is 17.0 Å². The van der Waals surface area contributed by atoms with Crippen molar-refractivity contribution in [2.24, 2.45) is 7.05 Å². The number of rotatable bonds is 6. The highest BCUT2D eigenvalue weighted by Crippen LogP contribution is 2.39. The number of ether oxygens (including phenoxy) is 1. The van der Waals surface area contributed by atoms with E-state index in [0.29, 0.717) is 0 Å². The van der Waals surface area contributed by atoms with Gasteiger partial charge in [0, 0.05) is 19.2 Å². The van der Waals surface area contributed by atoms with Gasteiger partial charge in [-0.15, -0.1) is 0 Å². The number of benzene rings is 2. The van der Waals surface area contributed by atoms with Crippen molar-refractivity contribution in [1.29, 1.82) is 0 Å². The van der Waals surface area contributed by atoms with Crippen molar-refractivity contribution in [3.8, 4) is 11.4 Å². The molecule has 2 heterocycles. The number of nitrogens with zero attached hydrogens (tertiary/aromatic N) is 4. The second-order valence-electron chi connectivity index (χ2n) is 7.26. The highest BCUT2D eigenvalue weighted by atomic mass is 32.2. The van der Waals surface area contributed by atoms with E-state index >= 15 is 0 Å². The zero-order valence-corrected chi connectivity index (χ0v) is 17.8. The van der Waals surface area contributed by atoms with Gasteiger partial charge in [-0.1, -0.05) is 17.7 Å². The van der Waals surface area contributed by atoms with Crippen LogP contribution in [0.4, 0.5) is 5.69 Å². The Hall–Kier alpha value is -3.55. The van der Waals surface area contributed by atoms with Crippen molar-refractivity contribution in [3.05, 3.63) is 74.5 Å². The smallest absolute Gasteiger partial charge is 0.350 e. The number of non-ortho nitro benzene ring substituents is 1. The average molecular weight is 462 g/mol. The van der Waals surface area contributed by atoms with Crippen LogP contribution in [0.3, 0.4) is 0 Å². The summed E-state index contributed by atoms with van der Waals surface area (Å²) in [7, 11) is -2.88. The van der Waals surface area contributed by atoms with Crippen molar-refractivity contribution in [1.82, 2.24) is 14.3 Å². The summed E-state index contributed by atoms with van der Waals surface area (Å²) in [6, 6.07) is 9.52. The van der Waals surface area contributed by atoms with Gasteiger partial charge in [-0.05, 0) is 25.1 Å². The molecule has 1 atom stereocenters. The first-order valence-corrected chi connectivity index (χ1v) is 10.7. The normalized spacial score (nSPS) is 17.3. The summed E-state index contributed by atoms with van der Waals surface area (Å²) in [4.78, 5) is 23.2. The molecule has 1 aliphatic rings. The van der Waals surface area contributed by atoms with E-state index in [1.54, 1.807) is 19.1 Å². The number of aliphatic hydroxyl groups excluding tert-OH is 1. The molecule has 13 heteroatoms. The minimum absolute atomic E-state index is 0.0172. The van der Waals surface area contributed by atoms with Crippen LogP contribution in [0.1, 0.15) is 11.4 Å². The number of nitro benzene ring substituents is 1. The van der Waals surface area contributed by atoms with E-state index in [-0.39, 0.29) is 27.8 Å². The maximum Gasteiger partial charge on any atom is 0.350 e. The first kappa shape index (κ1) is 21.7. The largest absolute Gasteiger partial charge is 0.472 e. The van der Waals surface area contributed by atoms with E-state index in [0.717, 1.165) is 26.9 Å². The standard InChI is InChI=1S/C19H18N4O8S/c1-12-3-6-14(7-4-12)32(28,29)30-11-19(10-24)17-20-21(2)18(25)22(17)15-9-13(23(26)27)5-8-16(15)31-19/h3-9,24H,10-11H2,1-2H3. The van der Waals surface area contributed by atoms with Crippen molar-refractivity contribution in [2.75, 3.05) is 13.2 Å². The zero-order chi connectivity index (χ0) is 23.3. The molecule has 3 aromatic rings. The lowest BCUT2D eigenvalue weighted by atomic mass is 10.0. The first-order chi connectivity index (χ1) is 15.1.